The highest BCUT2D eigenvalue weighted by molar-refractivity contribution is 7.93. The Morgan fingerprint density at radius 1 is 1.46 bits per heavy atom. The molecule has 0 unspecified atom stereocenters. The van der Waals surface area contributed by atoms with E-state index >= 15 is 0 Å². The molecule has 1 saturated heterocycles. The summed E-state index contributed by atoms with van der Waals surface area (Å²) < 4.78 is 33.0. The third-order valence-electron chi connectivity index (χ3n) is 3.74. The first kappa shape index (κ1) is 17.5. The Morgan fingerprint density at radius 3 is 2.96 bits per heavy atom. The largest absolute Gasteiger partial charge is 0.489 e. The van der Waals surface area contributed by atoms with Crippen LogP contribution in [-0.4, -0.2) is 32.1 Å². The summed E-state index contributed by atoms with van der Waals surface area (Å²) in [5.74, 6) is 0.504. The van der Waals surface area contributed by atoms with Crippen molar-refractivity contribution in [3.63, 3.8) is 0 Å². The van der Waals surface area contributed by atoms with Crippen molar-refractivity contribution in [2.24, 2.45) is 0 Å². The van der Waals surface area contributed by atoms with E-state index in [-0.39, 0.29) is 16.0 Å². The van der Waals surface area contributed by atoms with Crippen molar-refractivity contribution < 1.29 is 13.2 Å². The van der Waals surface area contributed by atoms with E-state index in [1.165, 1.54) is 29.7 Å². The van der Waals surface area contributed by atoms with Crippen molar-refractivity contribution >= 4 is 38.1 Å². The van der Waals surface area contributed by atoms with E-state index in [1.807, 2.05) is 0 Å². The first-order valence-corrected chi connectivity index (χ1v) is 10.3. The van der Waals surface area contributed by atoms with Crippen LogP contribution in [0.25, 0.3) is 0 Å². The second-order valence-corrected chi connectivity index (χ2v) is 8.64. The number of aromatic nitrogens is 1. The fraction of sp³-hybridized carbons (Fsp3) is 0.400. The zero-order valence-corrected chi connectivity index (χ0v) is 15.4. The molecule has 9 heteroatoms. The molecule has 130 valence electrons. The molecule has 3 rings (SSSR count). The van der Waals surface area contributed by atoms with Crippen LogP contribution in [0.2, 0.25) is 5.02 Å². The first-order valence-electron chi connectivity index (χ1n) is 7.56. The minimum absolute atomic E-state index is 0.0775. The summed E-state index contributed by atoms with van der Waals surface area (Å²) >= 11 is 7.44. The van der Waals surface area contributed by atoms with Gasteiger partial charge in [0.25, 0.3) is 10.0 Å². The van der Waals surface area contributed by atoms with Gasteiger partial charge in [-0.2, -0.15) is 0 Å². The summed E-state index contributed by atoms with van der Waals surface area (Å²) in [4.78, 5) is 3.99. The zero-order valence-electron chi connectivity index (χ0n) is 13.0. The SMILES string of the molecule is C[C@H]1C[C@H](Oc2ccc(S(=O)(=O)Nc3nccs3)cc2Cl)CCN1. The normalized spacial score (nSPS) is 21.4. The molecule has 2 heterocycles. The average Bonchev–Trinajstić information content (AvgIpc) is 3.01. The highest BCUT2D eigenvalue weighted by Crippen LogP contribution is 2.30. The number of sulfonamides is 1. The monoisotopic (exact) mass is 387 g/mol. The minimum atomic E-state index is -3.72. The average molecular weight is 388 g/mol. The van der Waals surface area contributed by atoms with Crippen molar-refractivity contribution in [2.45, 2.75) is 36.8 Å². The Kier molecular flexibility index (Phi) is 5.29. The van der Waals surface area contributed by atoms with E-state index in [0.717, 1.165) is 19.4 Å². The van der Waals surface area contributed by atoms with Crippen LogP contribution in [-0.2, 0) is 10.0 Å². The molecule has 24 heavy (non-hydrogen) atoms. The number of benzene rings is 1. The topological polar surface area (TPSA) is 80.3 Å². The molecule has 0 amide bonds. The number of anilines is 1. The Hall–Kier alpha value is -1.35. The summed E-state index contributed by atoms with van der Waals surface area (Å²) in [7, 11) is -3.72. The lowest BCUT2D eigenvalue weighted by atomic mass is 10.0. The van der Waals surface area contributed by atoms with Gasteiger partial charge in [0.2, 0.25) is 0 Å². The number of hydrogen-bond acceptors (Lipinski definition) is 6. The first-order chi connectivity index (χ1) is 11.4. The van der Waals surface area contributed by atoms with E-state index in [2.05, 4.69) is 21.9 Å². The maximum atomic E-state index is 12.3. The number of nitrogens with one attached hydrogen (secondary N) is 2. The van der Waals surface area contributed by atoms with Gasteiger partial charge in [0.1, 0.15) is 11.9 Å². The third kappa shape index (κ3) is 4.18. The van der Waals surface area contributed by atoms with Gasteiger partial charge in [-0.3, -0.25) is 4.72 Å². The second-order valence-electron chi connectivity index (χ2n) is 5.65. The minimum Gasteiger partial charge on any atom is -0.489 e. The van der Waals surface area contributed by atoms with Crippen molar-refractivity contribution in [1.82, 2.24) is 10.3 Å². The molecule has 0 saturated carbocycles. The van der Waals surface area contributed by atoms with Crippen LogP contribution in [0.1, 0.15) is 19.8 Å². The number of piperidine rings is 1. The molecule has 0 radical (unpaired) electrons. The molecule has 2 atom stereocenters. The molecule has 0 spiro atoms. The van der Waals surface area contributed by atoms with Gasteiger partial charge < -0.3 is 10.1 Å². The van der Waals surface area contributed by atoms with Gasteiger partial charge >= 0.3 is 0 Å². The van der Waals surface area contributed by atoms with E-state index in [1.54, 1.807) is 11.4 Å². The van der Waals surface area contributed by atoms with Crippen LogP contribution in [0.4, 0.5) is 5.13 Å². The fourth-order valence-electron chi connectivity index (χ4n) is 2.56. The maximum Gasteiger partial charge on any atom is 0.263 e. The van der Waals surface area contributed by atoms with Gasteiger partial charge in [-0.25, -0.2) is 13.4 Å². The Balaban J connectivity index is 1.74. The van der Waals surface area contributed by atoms with Gasteiger partial charge in [-0.15, -0.1) is 11.3 Å². The molecule has 1 aromatic carbocycles. The molecular weight excluding hydrogens is 370 g/mol. The quantitative estimate of drug-likeness (QED) is 0.823. The lowest BCUT2D eigenvalue weighted by molar-refractivity contribution is 0.144. The molecule has 1 aliphatic rings. The lowest BCUT2D eigenvalue weighted by Gasteiger charge is -2.28. The van der Waals surface area contributed by atoms with Crippen molar-refractivity contribution in [1.29, 1.82) is 0 Å². The number of rotatable bonds is 5. The number of nitrogens with zero attached hydrogens (tertiary/aromatic N) is 1. The Morgan fingerprint density at radius 2 is 2.29 bits per heavy atom. The summed E-state index contributed by atoms with van der Waals surface area (Å²) in [6.45, 7) is 3.00. The molecule has 2 aromatic rings. The van der Waals surface area contributed by atoms with Crippen LogP contribution in [0, 0.1) is 0 Å². The van der Waals surface area contributed by atoms with Crippen molar-refractivity contribution in [3.8, 4) is 5.75 Å². The van der Waals surface area contributed by atoms with Gasteiger partial charge in [0.05, 0.1) is 9.92 Å². The van der Waals surface area contributed by atoms with Crippen LogP contribution in [0.5, 0.6) is 5.75 Å². The highest BCUT2D eigenvalue weighted by atomic mass is 35.5. The van der Waals surface area contributed by atoms with Gasteiger partial charge in [0, 0.05) is 17.6 Å². The van der Waals surface area contributed by atoms with E-state index < -0.39 is 10.0 Å². The van der Waals surface area contributed by atoms with Crippen LogP contribution >= 0.6 is 22.9 Å². The molecule has 0 aliphatic carbocycles. The van der Waals surface area contributed by atoms with E-state index in [9.17, 15) is 8.42 Å². The third-order valence-corrected chi connectivity index (χ3v) is 6.19. The van der Waals surface area contributed by atoms with Gasteiger partial charge in [-0.05, 0) is 44.5 Å². The molecule has 2 N–H and O–H groups in total. The van der Waals surface area contributed by atoms with Crippen molar-refractivity contribution in [3.05, 3.63) is 34.8 Å². The predicted octanol–water partition coefficient (Wildman–Crippen LogP) is 3.12. The van der Waals surface area contributed by atoms with Gasteiger partial charge in [0.15, 0.2) is 5.13 Å². The molecular formula is C15H18ClN3O3S2. The standard InChI is InChI=1S/C15H18ClN3O3S2/c1-10-8-11(4-5-17-10)22-14-3-2-12(9-13(14)16)24(20,21)19-15-18-6-7-23-15/h2-3,6-7,9-11,17H,4-5,8H2,1H3,(H,18,19)/t10-,11+/m0/s1. The summed E-state index contributed by atoms with van der Waals surface area (Å²) in [6, 6.07) is 4.88. The molecule has 6 nitrogen and oxygen atoms in total. The van der Waals surface area contributed by atoms with E-state index in [4.69, 9.17) is 16.3 Å². The molecule has 0 bridgehead atoms. The summed E-state index contributed by atoms with van der Waals surface area (Å²) in [6.07, 6.45) is 3.40. The fourth-order valence-corrected chi connectivity index (χ4v) is 4.67. The number of thiazole rings is 1. The smallest absolute Gasteiger partial charge is 0.263 e. The predicted molar refractivity (Wildman–Crippen MR) is 95.5 cm³/mol. The van der Waals surface area contributed by atoms with Crippen molar-refractivity contribution in [2.75, 3.05) is 11.3 Å². The number of halogens is 1. The van der Waals surface area contributed by atoms with E-state index in [0.29, 0.717) is 16.9 Å². The number of ether oxygens (including phenoxy) is 1. The maximum absolute atomic E-state index is 12.3. The van der Waals surface area contributed by atoms with Crippen LogP contribution in [0.3, 0.4) is 0 Å². The van der Waals surface area contributed by atoms with Crippen LogP contribution in [0.15, 0.2) is 34.7 Å². The molecule has 1 aliphatic heterocycles. The van der Waals surface area contributed by atoms with Crippen LogP contribution < -0.4 is 14.8 Å². The summed E-state index contributed by atoms with van der Waals surface area (Å²) in [5.41, 5.74) is 0. The Labute approximate surface area is 150 Å². The highest BCUT2D eigenvalue weighted by Gasteiger charge is 2.22. The Bertz CT molecular complexity index is 796. The second kappa shape index (κ2) is 7.26. The molecule has 1 fully saturated rings. The molecule has 1 aromatic heterocycles. The van der Waals surface area contributed by atoms with Gasteiger partial charge in [-0.1, -0.05) is 11.6 Å². The lowest BCUT2D eigenvalue weighted by Crippen LogP contribution is -2.40. The number of hydrogen-bond donors (Lipinski definition) is 2. The summed E-state index contributed by atoms with van der Waals surface area (Å²) in [5, 5.41) is 5.65. The zero-order chi connectivity index (χ0) is 17.2.